The molecule has 0 amide bonds. The minimum atomic E-state index is 0.811. The molecular weight excluding hydrogens is 120 g/mol. The molecule has 0 saturated heterocycles. The molecule has 0 spiro atoms. The van der Waals surface area contributed by atoms with Gasteiger partial charge in [0.1, 0.15) is 0 Å². The Kier molecular flexibility index (Phi) is 2.05. The zero-order valence-electron chi connectivity index (χ0n) is 5.91. The molecule has 0 atom stereocenters. The van der Waals surface area contributed by atoms with E-state index in [9.17, 15) is 0 Å². The maximum absolute atomic E-state index is 5.27. The van der Waals surface area contributed by atoms with Crippen LogP contribution in [0.25, 0.3) is 0 Å². The van der Waals surface area contributed by atoms with Crippen LogP contribution in [0.4, 0.5) is 5.69 Å². The smallest absolute Gasteiger partial charge is 0.209 e. The number of anilines is 1. The summed E-state index contributed by atoms with van der Waals surface area (Å²) in [5, 5.41) is 0. The molecule has 1 nitrogen and oxygen atoms in total. The first kappa shape index (κ1) is 7.26. The van der Waals surface area contributed by atoms with Crippen molar-refractivity contribution in [2.75, 3.05) is 4.72 Å². The summed E-state index contributed by atoms with van der Waals surface area (Å²) in [7, 11) is 10.5. The van der Waals surface area contributed by atoms with Gasteiger partial charge in [-0.2, -0.15) is 0 Å². The molecule has 1 aromatic rings. The molecule has 10 heavy (non-hydrogen) atoms. The molecule has 0 aliphatic carbocycles. The van der Waals surface area contributed by atoms with E-state index in [1.165, 1.54) is 5.56 Å². The van der Waals surface area contributed by atoms with E-state index in [1.807, 2.05) is 31.2 Å². The predicted octanol–water partition coefficient (Wildman–Crippen LogP) is 0.968. The van der Waals surface area contributed by atoms with Crippen LogP contribution in [0.15, 0.2) is 24.3 Å². The molecule has 1 aromatic carbocycles. The zero-order chi connectivity index (χ0) is 7.56. The first-order valence-corrected chi connectivity index (χ1v) is 3.06. The van der Waals surface area contributed by atoms with Gasteiger partial charge in [-0.25, -0.2) is 0 Å². The summed E-state index contributed by atoms with van der Waals surface area (Å²) >= 11 is 0. The Morgan fingerprint density at radius 2 is 1.60 bits per heavy atom. The fourth-order valence-electron chi connectivity index (χ4n) is 0.717. The van der Waals surface area contributed by atoms with E-state index in [0.29, 0.717) is 0 Å². The monoisotopic (exact) mass is 127 g/mol. The van der Waals surface area contributed by atoms with Crippen molar-refractivity contribution in [2.24, 2.45) is 0 Å². The van der Waals surface area contributed by atoms with E-state index in [0.717, 1.165) is 10.4 Å². The first-order valence-electron chi connectivity index (χ1n) is 3.06. The molecule has 4 radical (unpaired) electrons. The standard InChI is InChI=1S/C7H7B2N/c1-6-2-4-7(5-3-6)10(8)9/h2-5H,1H3. The molecule has 0 aliphatic heterocycles. The van der Waals surface area contributed by atoms with Crippen LogP contribution in [0.1, 0.15) is 5.56 Å². The van der Waals surface area contributed by atoms with Crippen molar-refractivity contribution in [1.29, 1.82) is 0 Å². The van der Waals surface area contributed by atoms with Crippen molar-refractivity contribution >= 4 is 21.6 Å². The van der Waals surface area contributed by atoms with Gasteiger partial charge in [0.05, 0.1) is 0 Å². The van der Waals surface area contributed by atoms with Crippen LogP contribution in [-0.2, 0) is 0 Å². The van der Waals surface area contributed by atoms with Gasteiger partial charge in [-0.15, -0.1) is 0 Å². The number of rotatable bonds is 1. The molecule has 0 saturated carbocycles. The van der Waals surface area contributed by atoms with Crippen molar-refractivity contribution in [3.05, 3.63) is 29.8 Å². The van der Waals surface area contributed by atoms with Crippen LogP contribution < -0.4 is 4.72 Å². The van der Waals surface area contributed by atoms with Gasteiger partial charge in [0, 0.05) is 5.69 Å². The van der Waals surface area contributed by atoms with Crippen LogP contribution in [0.2, 0.25) is 0 Å². The van der Waals surface area contributed by atoms with Gasteiger partial charge in [0.25, 0.3) is 0 Å². The van der Waals surface area contributed by atoms with Crippen LogP contribution in [0, 0.1) is 6.92 Å². The van der Waals surface area contributed by atoms with Crippen LogP contribution in [0.5, 0.6) is 0 Å². The average Bonchev–Trinajstić information content (AvgIpc) is 1.88. The number of hydrogen-bond donors (Lipinski definition) is 0. The van der Waals surface area contributed by atoms with E-state index in [-0.39, 0.29) is 0 Å². The molecule has 0 N–H and O–H groups in total. The van der Waals surface area contributed by atoms with Crippen molar-refractivity contribution < 1.29 is 0 Å². The summed E-state index contributed by atoms with van der Waals surface area (Å²) < 4.78 is 1.10. The normalized spacial score (nSPS) is 9.30. The van der Waals surface area contributed by atoms with Gasteiger partial charge in [0.15, 0.2) is 0 Å². The molecule has 0 aromatic heterocycles. The van der Waals surface area contributed by atoms with E-state index in [2.05, 4.69) is 0 Å². The maximum atomic E-state index is 5.27. The highest BCUT2D eigenvalue weighted by Gasteiger charge is 1.90. The summed E-state index contributed by atoms with van der Waals surface area (Å²) in [6.07, 6.45) is 0. The SMILES string of the molecule is [B]N([B])c1ccc(C)cc1. The highest BCUT2D eigenvalue weighted by molar-refractivity contribution is 6.41. The Balaban J connectivity index is 2.89. The molecule has 0 fully saturated rings. The Morgan fingerprint density at radius 3 is 2.00 bits per heavy atom. The summed E-state index contributed by atoms with van der Waals surface area (Å²) in [5.74, 6) is 0. The van der Waals surface area contributed by atoms with Crippen LogP contribution in [0.3, 0.4) is 0 Å². The van der Waals surface area contributed by atoms with Crippen LogP contribution in [-0.4, -0.2) is 16.0 Å². The Hall–Kier alpha value is -0.850. The third kappa shape index (κ3) is 1.56. The second-order valence-electron chi connectivity index (χ2n) is 2.24. The molecular formula is C7H7B2N. The van der Waals surface area contributed by atoms with Crippen molar-refractivity contribution in [3.63, 3.8) is 0 Å². The van der Waals surface area contributed by atoms with E-state index < -0.39 is 0 Å². The molecule has 0 unspecified atom stereocenters. The minimum Gasteiger partial charge on any atom is -0.479 e. The second-order valence-corrected chi connectivity index (χ2v) is 2.24. The van der Waals surface area contributed by atoms with E-state index >= 15 is 0 Å². The lowest BCUT2D eigenvalue weighted by molar-refractivity contribution is 1.45. The molecule has 0 heterocycles. The lowest BCUT2D eigenvalue weighted by atomic mass is 10.1. The maximum Gasteiger partial charge on any atom is 0.209 e. The third-order valence-corrected chi connectivity index (χ3v) is 1.33. The molecule has 46 valence electrons. The van der Waals surface area contributed by atoms with Crippen molar-refractivity contribution in [1.82, 2.24) is 0 Å². The van der Waals surface area contributed by atoms with E-state index in [1.54, 1.807) is 0 Å². The predicted molar refractivity (Wildman–Crippen MR) is 45.2 cm³/mol. The van der Waals surface area contributed by atoms with Gasteiger partial charge in [-0.05, 0) is 19.1 Å². The largest absolute Gasteiger partial charge is 0.479 e. The van der Waals surface area contributed by atoms with Gasteiger partial charge in [-0.3, -0.25) is 0 Å². The summed E-state index contributed by atoms with van der Waals surface area (Å²) in [6, 6.07) is 7.66. The lowest BCUT2D eigenvalue weighted by Crippen LogP contribution is -2.13. The third-order valence-electron chi connectivity index (χ3n) is 1.33. The fraction of sp³-hybridized carbons (Fsp3) is 0.143. The lowest BCUT2D eigenvalue weighted by Gasteiger charge is -2.12. The molecule has 0 bridgehead atoms. The molecule has 1 rings (SSSR count). The Labute approximate surface area is 63.9 Å². The summed E-state index contributed by atoms with van der Waals surface area (Å²) in [6.45, 7) is 2.02. The van der Waals surface area contributed by atoms with Gasteiger partial charge >= 0.3 is 0 Å². The quantitative estimate of drug-likeness (QED) is 0.507. The number of benzene rings is 1. The number of nitrogens with zero attached hydrogens (tertiary/aromatic N) is 1. The molecule has 0 aliphatic rings. The summed E-state index contributed by atoms with van der Waals surface area (Å²) in [4.78, 5) is 0. The topological polar surface area (TPSA) is 3.24 Å². The van der Waals surface area contributed by atoms with E-state index in [4.69, 9.17) is 16.0 Å². The molecule has 3 heteroatoms. The fourth-order valence-corrected chi connectivity index (χ4v) is 0.717. The Morgan fingerprint density at radius 1 is 1.10 bits per heavy atom. The van der Waals surface area contributed by atoms with Crippen molar-refractivity contribution in [3.8, 4) is 0 Å². The number of aryl methyl sites for hydroxylation is 1. The van der Waals surface area contributed by atoms with Gasteiger partial charge in [-0.1, -0.05) is 17.7 Å². The zero-order valence-corrected chi connectivity index (χ0v) is 5.91. The highest BCUT2D eigenvalue weighted by atomic mass is 14.9. The average molecular weight is 127 g/mol. The second kappa shape index (κ2) is 2.82. The summed E-state index contributed by atoms with van der Waals surface area (Å²) in [5.41, 5.74) is 2.01. The Bertz CT molecular complexity index is 205. The van der Waals surface area contributed by atoms with Crippen molar-refractivity contribution in [2.45, 2.75) is 6.92 Å². The minimum absolute atomic E-state index is 0.811. The number of hydrogen-bond acceptors (Lipinski definition) is 1. The first-order chi connectivity index (χ1) is 4.70. The highest BCUT2D eigenvalue weighted by Crippen LogP contribution is 2.09. The van der Waals surface area contributed by atoms with Gasteiger partial charge in [0.2, 0.25) is 16.0 Å². The van der Waals surface area contributed by atoms with Crippen LogP contribution >= 0.6 is 0 Å². The van der Waals surface area contributed by atoms with Gasteiger partial charge < -0.3 is 4.72 Å².